The minimum Gasteiger partial charge on any atom is -0.370 e. The standard InChI is InChI=1S/C12H15ClF3N5S/c1-3-6(7-4-5(2)8(13)22-7)12(18)20-9(11(14,15)16)19-10(17)21-12/h4,6H,3,18H2,1-2H3,(H3,17,19,20,21). The van der Waals surface area contributed by atoms with E-state index in [4.69, 9.17) is 23.1 Å². The molecule has 0 saturated carbocycles. The van der Waals surface area contributed by atoms with Gasteiger partial charge in [0, 0.05) is 4.88 Å². The van der Waals surface area contributed by atoms with E-state index in [-0.39, 0.29) is 0 Å². The number of aliphatic imine (C=N–C) groups is 2. The van der Waals surface area contributed by atoms with E-state index in [1.807, 2.05) is 12.2 Å². The van der Waals surface area contributed by atoms with Crippen molar-refractivity contribution < 1.29 is 13.2 Å². The van der Waals surface area contributed by atoms with Gasteiger partial charge >= 0.3 is 6.18 Å². The Hall–Kier alpha value is -1.32. The molecule has 1 aliphatic heterocycles. The highest BCUT2D eigenvalue weighted by molar-refractivity contribution is 7.16. The van der Waals surface area contributed by atoms with Crippen LogP contribution in [0.1, 0.15) is 29.7 Å². The fraction of sp³-hybridized carbons (Fsp3) is 0.500. The van der Waals surface area contributed by atoms with Crippen molar-refractivity contribution in [3.05, 3.63) is 20.8 Å². The van der Waals surface area contributed by atoms with Crippen LogP contribution < -0.4 is 16.8 Å². The maximum Gasteiger partial charge on any atom is 0.449 e. The van der Waals surface area contributed by atoms with Gasteiger partial charge in [0.1, 0.15) is 0 Å². The third-order valence-corrected chi connectivity index (χ3v) is 4.92. The predicted octanol–water partition coefficient (Wildman–Crippen LogP) is 2.69. The summed E-state index contributed by atoms with van der Waals surface area (Å²) in [6.07, 6.45) is -4.26. The van der Waals surface area contributed by atoms with Crippen LogP contribution in [0.5, 0.6) is 0 Å². The van der Waals surface area contributed by atoms with E-state index in [9.17, 15) is 13.2 Å². The molecule has 0 fully saturated rings. The van der Waals surface area contributed by atoms with Crippen LogP contribution in [0.2, 0.25) is 4.34 Å². The summed E-state index contributed by atoms with van der Waals surface area (Å²) in [6.45, 7) is 3.60. The number of nitrogens with two attached hydrogens (primary N) is 2. The Kier molecular flexibility index (Phi) is 4.42. The molecule has 0 bridgehead atoms. The highest BCUT2D eigenvalue weighted by Gasteiger charge is 2.45. The van der Waals surface area contributed by atoms with Crippen LogP contribution in [0.25, 0.3) is 0 Å². The first-order valence-corrected chi connectivity index (χ1v) is 7.60. The minimum absolute atomic E-state index is 0.414. The monoisotopic (exact) mass is 353 g/mol. The molecule has 0 radical (unpaired) electrons. The van der Waals surface area contributed by atoms with E-state index < -0.39 is 29.7 Å². The second-order valence-electron chi connectivity index (χ2n) is 4.93. The van der Waals surface area contributed by atoms with Gasteiger partial charge in [-0.25, -0.2) is 9.98 Å². The molecule has 1 aromatic heterocycles. The van der Waals surface area contributed by atoms with Crippen molar-refractivity contribution in [1.82, 2.24) is 5.32 Å². The fourth-order valence-electron chi connectivity index (χ4n) is 2.23. The Bertz CT molecular complexity index is 620. The Morgan fingerprint density at radius 3 is 2.55 bits per heavy atom. The number of guanidine groups is 1. The molecule has 0 aromatic carbocycles. The van der Waals surface area contributed by atoms with Crippen LogP contribution in [0, 0.1) is 6.92 Å². The third-order valence-electron chi connectivity index (χ3n) is 3.25. The van der Waals surface area contributed by atoms with Gasteiger partial charge in [0.15, 0.2) is 5.96 Å². The number of nitrogens with one attached hydrogen (secondary N) is 1. The number of hydrogen-bond donors (Lipinski definition) is 3. The zero-order valence-electron chi connectivity index (χ0n) is 11.8. The second-order valence-corrected chi connectivity index (χ2v) is 6.62. The number of aryl methyl sites for hydroxylation is 1. The van der Waals surface area contributed by atoms with Crippen molar-refractivity contribution in [1.29, 1.82) is 0 Å². The Balaban J connectivity index is 2.49. The van der Waals surface area contributed by atoms with Crippen molar-refractivity contribution in [2.75, 3.05) is 0 Å². The summed E-state index contributed by atoms with van der Waals surface area (Å²) < 4.78 is 39.3. The molecule has 0 saturated heterocycles. The van der Waals surface area contributed by atoms with E-state index in [0.29, 0.717) is 10.8 Å². The van der Waals surface area contributed by atoms with Crippen LogP contribution in [0.15, 0.2) is 16.1 Å². The summed E-state index contributed by atoms with van der Waals surface area (Å²) in [7, 11) is 0. The lowest BCUT2D eigenvalue weighted by atomic mass is 9.95. The van der Waals surface area contributed by atoms with Gasteiger partial charge in [-0.3, -0.25) is 5.73 Å². The quantitative estimate of drug-likeness (QED) is 0.780. The highest BCUT2D eigenvalue weighted by atomic mass is 35.5. The molecule has 0 amide bonds. The average Bonchev–Trinajstić information content (AvgIpc) is 2.67. The van der Waals surface area contributed by atoms with Crippen LogP contribution in [0.4, 0.5) is 13.2 Å². The molecule has 2 heterocycles. The predicted molar refractivity (Wildman–Crippen MR) is 82.3 cm³/mol. The fourth-order valence-corrected chi connectivity index (χ4v) is 3.70. The average molecular weight is 354 g/mol. The first-order chi connectivity index (χ1) is 10.1. The summed E-state index contributed by atoms with van der Waals surface area (Å²) in [5.41, 5.74) is 12.3. The molecule has 22 heavy (non-hydrogen) atoms. The van der Waals surface area contributed by atoms with Gasteiger partial charge in [-0.2, -0.15) is 13.2 Å². The first-order valence-electron chi connectivity index (χ1n) is 6.41. The molecule has 1 aliphatic rings. The molecule has 2 rings (SSSR count). The number of rotatable bonds is 3. The van der Waals surface area contributed by atoms with Gasteiger partial charge in [0.25, 0.3) is 0 Å². The van der Waals surface area contributed by atoms with Gasteiger partial charge in [0.05, 0.1) is 10.3 Å². The van der Waals surface area contributed by atoms with Gasteiger partial charge in [0.2, 0.25) is 11.6 Å². The summed E-state index contributed by atoms with van der Waals surface area (Å²) >= 11 is 7.29. The molecule has 122 valence electrons. The molecular weight excluding hydrogens is 339 g/mol. The number of halogens is 4. The van der Waals surface area contributed by atoms with Crippen LogP contribution in [-0.4, -0.2) is 23.8 Å². The molecular formula is C12H15ClF3N5S. The molecule has 2 atom stereocenters. The van der Waals surface area contributed by atoms with E-state index in [1.54, 1.807) is 13.0 Å². The third kappa shape index (κ3) is 3.21. The lowest BCUT2D eigenvalue weighted by molar-refractivity contribution is -0.0621. The Morgan fingerprint density at radius 1 is 1.45 bits per heavy atom. The Labute approximate surface area is 134 Å². The van der Waals surface area contributed by atoms with Gasteiger partial charge in [-0.05, 0) is 25.0 Å². The topological polar surface area (TPSA) is 88.8 Å². The molecule has 2 unspecified atom stereocenters. The maximum absolute atomic E-state index is 12.9. The second kappa shape index (κ2) is 5.71. The molecule has 0 aliphatic carbocycles. The smallest absolute Gasteiger partial charge is 0.370 e. The van der Waals surface area contributed by atoms with E-state index in [0.717, 1.165) is 10.4 Å². The highest BCUT2D eigenvalue weighted by Crippen LogP contribution is 2.40. The van der Waals surface area contributed by atoms with Crippen LogP contribution >= 0.6 is 22.9 Å². The van der Waals surface area contributed by atoms with Crippen molar-refractivity contribution in [2.24, 2.45) is 21.5 Å². The maximum atomic E-state index is 12.9. The summed E-state index contributed by atoms with van der Waals surface area (Å²) in [4.78, 5) is 8.20. The lowest BCUT2D eigenvalue weighted by Crippen LogP contribution is -2.56. The SMILES string of the molecule is CCC(c1cc(C)c(Cl)s1)C1(N)N=C(N)NC(C(F)(F)F)=N1. The largest absolute Gasteiger partial charge is 0.449 e. The van der Waals surface area contributed by atoms with Gasteiger partial charge < -0.3 is 11.1 Å². The number of amidine groups is 1. The number of alkyl halides is 3. The first kappa shape index (κ1) is 17.0. The number of nitrogens with zero attached hydrogens (tertiary/aromatic N) is 2. The molecule has 5 nitrogen and oxygen atoms in total. The number of hydrogen-bond acceptors (Lipinski definition) is 6. The molecule has 0 spiro atoms. The van der Waals surface area contributed by atoms with Crippen LogP contribution in [-0.2, 0) is 0 Å². The van der Waals surface area contributed by atoms with Gasteiger partial charge in [-0.15, -0.1) is 11.3 Å². The normalized spacial score (nSPS) is 23.6. The van der Waals surface area contributed by atoms with E-state index in [1.165, 1.54) is 11.3 Å². The molecule has 5 N–H and O–H groups in total. The van der Waals surface area contributed by atoms with E-state index in [2.05, 4.69) is 9.98 Å². The summed E-state index contributed by atoms with van der Waals surface area (Å²) in [6, 6.07) is 1.78. The lowest BCUT2D eigenvalue weighted by Gasteiger charge is -2.33. The van der Waals surface area contributed by atoms with Gasteiger partial charge in [-0.1, -0.05) is 18.5 Å². The van der Waals surface area contributed by atoms with Crippen molar-refractivity contribution >= 4 is 34.7 Å². The minimum atomic E-state index is -4.69. The summed E-state index contributed by atoms with van der Waals surface area (Å²) in [5, 5.41) is 1.91. The number of thiophene rings is 1. The van der Waals surface area contributed by atoms with E-state index >= 15 is 0 Å². The molecule has 10 heteroatoms. The van der Waals surface area contributed by atoms with Crippen molar-refractivity contribution in [3.63, 3.8) is 0 Å². The van der Waals surface area contributed by atoms with Crippen molar-refractivity contribution in [2.45, 2.75) is 38.1 Å². The summed E-state index contributed by atoms with van der Waals surface area (Å²) in [5.74, 6) is -4.06. The zero-order valence-corrected chi connectivity index (χ0v) is 13.4. The Morgan fingerprint density at radius 2 is 2.09 bits per heavy atom. The van der Waals surface area contributed by atoms with Crippen LogP contribution in [0.3, 0.4) is 0 Å². The van der Waals surface area contributed by atoms with Crippen molar-refractivity contribution in [3.8, 4) is 0 Å². The molecule has 1 aromatic rings. The zero-order chi connectivity index (χ0) is 16.7.